The van der Waals surface area contributed by atoms with E-state index in [1.807, 2.05) is 0 Å². The number of amides is 2. The molecule has 0 radical (unpaired) electrons. The van der Waals surface area contributed by atoms with Crippen molar-refractivity contribution in [3.63, 3.8) is 0 Å². The van der Waals surface area contributed by atoms with Crippen LogP contribution >= 0.6 is 0 Å². The van der Waals surface area contributed by atoms with Crippen molar-refractivity contribution in [3.8, 4) is 0 Å². The lowest BCUT2D eigenvalue weighted by atomic mass is 10.2. The van der Waals surface area contributed by atoms with Gasteiger partial charge in [-0.15, -0.1) is 0 Å². The molecule has 8 nitrogen and oxygen atoms in total. The summed E-state index contributed by atoms with van der Waals surface area (Å²) in [4.78, 5) is 34.3. The number of carbonyl (C=O) groups is 3. The predicted octanol–water partition coefficient (Wildman–Crippen LogP) is -1.38. The van der Waals surface area contributed by atoms with Crippen molar-refractivity contribution in [1.82, 2.24) is 10.6 Å². The van der Waals surface area contributed by atoms with Crippen molar-refractivity contribution in [3.05, 3.63) is 29.8 Å². The number of benzene rings is 1. The standard InChI is InChI=1S/C13H18N4O4/c1-21-13(20)10(15)6-16-11(18)7-17-12(19)8-3-2-4-9(14)5-8/h2-5,10H,6-7,14-15H2,1H3,(H,16,18)(H,17,19)/t10-/m0/s1. The Kier molecular flexibility index (Phi) is 6.15. The van der Waals surface area contributed by atoms with E-state index in [-0.39, 0.29) is 13.1 Å². The molecule has 21 heavy (non-hydrogen) atoms. The maximum absolute atomic E-state index is 11.7. The van der Waals surface area contributed by atoms with Crippen LogP contribution in [0.25, 0.3) is 0 Å². The highest BCUT2D eigenvalue weighted by atomic mass is 16.5. The summed E-state index contributed by atoms with van der Waals surface area (Å²) in [5, 5.41) is 4.84. The SMILES string of the molecule is COC(=O)[C@@H](N)CNC(=O)CNC(=O)c1cccc(N)c1. The third kappa shape index (κ3) is 5.49. The van der Waals surface area contributed by atoms with Gasteiger partial charge in [-0.1, -0.05) is 6.07 Å². The van der Waals surface area contributed by atoms with Crippen LogP contribution in [0.4, 0.5) is 5.69 Å². The van der Waals surface area contributed by atoms with Gasteiger partial charge < -0.3 is 26.8 Å². The summed E-state index contributed by atoms with van der Waals surface area (Å²) in [5.74, 6) is -1.51. The first-order valence-electron chi connectivity index (χ1n) is 6.18. The van der Waals surface area contributed by atoms with Gasteiger partial charge in [0.2, 0.25) is 5.91 Å². The first-order chi connectivity index (χ1) is 9.93. The van der Waals surface area contributed by atoms with E-state index >= 15 is 0 Å². The quantitative estimate of drug-likeness (QED) is 0.377. The molecule has 0 aliphatic heterocycles. The van der Waals surface area contributed by atoms with Crippen molar-refractivity contribution in [2.45, 2.75) is 6.04 Å². The highest BCUT2D eigenvalue weighted by molar-refractivity contribution is 5.97. The van der Waals surface area contributed by atoms with Gasteiger partial charge in [0.05, 0.1) is 13.7 Å². The molecule has 6 N–H and O–H groups in total. The second-order valence-corrected chi connectivity index (χ2v) is 4.24. The Morgan fingerprint density at radius 3 is 2.62 bits per heavy atom. The number of ether oxygens (including phenoxy) is 1. The lowest BCUT2D eigenvalue weighted by Crippen LogP contribution is -2.45. The molecule has 0 aliphatic rings. The molecule has 0 aliphatic carbocycles. The third-order valence-corrected chi connectivity index (χ3v) is 2.58. The number of carbonyl (C=O) groups excluding carboxylic acids is 3. The van der Waals surface area contributed by atoms with Crippen molar-refractivity contribution in [1.29, 1.82) is 0 Å². The number of nitrogen functional groups attached to an aromatic ring is 1. The molecule has 0 saturated carbocycles. The van der Waals surface area contributed by atoms with E-state index in [0.717, 1.165) is 0 Å². The molecule has 1 aromatic rings. The van der Waals surface area contributed by atoms with Gasteiger partial charge in [-0.05, 0) is 18.2 Å². The summed E-state index contributed by atoms with van der Waals surface area (Å²) in [5.41, 5.74) is 11.8. The maximum Gasteiger partial charge on any atom is 0.324 e. The Balaban J connectivity index is 2.36. The second kappa shape index (κ2) is 7.85. The minimum Gasteiger partial charge on any atom is -0.468 e. The second-order valence-electron chi connectivity index (χ2n) is 4.24. The summed E-state index contributed by atoms with van der Waals surface area (Å²) in [6, 6.07) is 5.43. The molecule has 1 atom stereocenters. The first kappa shape index (κ1) is 16.4. The van der Waals surface area contributed by atoms with E-state index in [9.17, 15) is 14.4 Å². The Hall–Kier alpha value is -2.61. The number of esters is 1. The maximum atomic E-state index is 11.7. The van der Waals surface area contributed by atoms with Crippen molar-refractivity contribution in [2.75, 3.05) is 25.9 Å². The zero-order chi connectivity index (χ0) is 15.8. The van der Waals surface area contributed by atoms with Gasteiger partial charge in [-0.25, -0.2) is 0 Å². The molecule has 114 valence electrons. The highest BCUT2D eigenvalue weighted by Gasteiger charge is 2.15. The molecule has 8 heteroatoms. The molecule has 1 rings (SSSR count). The summed E-state index contributed by atoms with van der Waals surface area (Å²) in [6.45, 7) is -0.304. The van der Waals surface area contributed by atoms with Gasteiger partial charge in [0.25, 0.3) is 5.91 Å². The van der Waals surface area contributed by atoms with Crippen LogP contribution in [0.5, 0.6) is 0 Å². The van der Waals surface area contributed by atoms with E-state index in [1.165, 1.54) is 13.2 Å². The number of anilines is 1. The van der Waals surface area contributed by atoms with E-state index in [2.05, 4.69) is 15.4 Å². The van der Waals surface area contributed by atoms with Crippen LogP contribution in [0.1, 0.15) is 10.4 Å². The average Bonchev–Trinajstić information content (AvgIpc) is 2.49. The fraction of sp³-hybridized carbons (Fsp3) is 0.308. The van der Waals surface area contributed by atoms with Crippen molar-refractivity contribution >= 4 is 23.5 Å². The smallest absolute Gasteiger partial charge is 0.324 e. The molecular weight excluding hydrogens is 276 g/mol. The number of nitrogens with two attached hydrogens (primary N) is 2. The lowest BCUT2D eigenvalue weighted by Gasteiger charge is -2.11. The normalized spacial score (nSPS) is 11.3. The highest BCUT2D eigenvalue weighted by Crippen LogP contribution is 2.05. The Bertz CT molecular complexity index is 533. The van der Waals surface area contributed by atoms with Crippen LogP contribution in [0.15, 0.2) is 24.3 Å². The number of hydrogen-bond donors (Lipinski definition) is 4. The average molecular weight is 294 g/mol. The predicted molar refractivity (Wildman–Crippen MR) is 76.2 cm³/mol. The first-order valence-corrected chi connectivity index (χ1v) is 6.18. The Labute approximate surface area is 121 Å². The van der Waals surface area contributed by atoms with Crippen LogP contribution in [-0.4, -0.2) is 44.0 Å². The number of rotatable bonds is 6. The molecule has 0 aromatic heterocycles. The van der Waals surface area contributed by atoms with E-state index in [1.54, 1.807) is 18.2 Å². The third-order valence-electron chi connectivity index (χ3n) is 2.58. The van der Waals surface area contributed by atoms with Gasteiger partial charge in [0.1, 0.15) is 6.04 Å². The zero-order valence-electron chi connectivity index (χ0n) is 11.6. The van der Waals surface area contributed by atoms with E-state index < -0.39 is 23.8 Å². The summed E-state index contributed by atoms with van der Waals surface area (Å²) >= 11 is 0. The molecule has 0 unspecified atom stereocenters. The minimum atomic E-state index is -0.941. The van der Waals surface area contributed by atoms with Crippen LogP contribution < -0.4 is 22.1 Å². The molecule has 0 fully saturated rings. The van der Waals surface area contributed by atoms with Crippen LogP contribution in [0.2, 0.25) is 0 Å². The van der Waals surface area contributed by atoms with Crippen LogP contribution in [0, 0.1) is 0 Å². The molecule has 0 bridgehead atoms. The summed E-state index contributed by atoms with van der Waals surface area (Å²) < 4.78 is 4.41. The van der Waals surface area contributed by atoms with Gasteiger partial charge in [-0.3, -0.25) is 14.4 Å². The van der Waals surface area contributed by atoms with E-state index in [4.69, 9.17) is 11.5 Å². The van der Waals surface area contributed by atoms with Crippen molar-refractivity contribution < 1.29 is 19.1 Å². The van der Waals surface area contributed by atoms with Gasteiger partial charge in [0.15, 0.2) is 0 Å². The molecular formula is C13H18N4O4. The topological polar surface area (TPSA) is 137 Å². The lowest BCUT2D eigenvalue weighted by molar-refractivity contribution is -0.142. The van der Waals surface area contributed by atoms with Crippen LogP contribution in [-0.2, 0) is 14.3 Å². The van der Waals surface area contributed by atoms with Gasteiger partial charge in [0, 0.05) is 17.8 Å². The minimum absolute atomic E-state index is 0.0698. The zero-order valence-corrected chi connectivity index (χ0v) is 11.6. The largest absolute Gasteiger partial charge is 0.468 e. The van der Waals surface area contributed by atoms with Crippen LogP contribution in [0.3, 0.4) is 0 Å². The van der Waals surface area contributed by atoms with Gasteiger partial charge >= 0.3 is 5.97 Å². The molecule has 0 saturated heterocycles. The van der Waals surface area contributed by atoms with E-state index in [0.29, 0.717) is 11.3 Å². The molecule has 0 spiro atoms. The Morgan fingerprint density at radius 1 is 1.29 bits per heavy atom. The summed E-state index contributed by atoms with van der Waals surface area (Å²) in [6.07, 6.45) is 0. The molecule has 0 heterocycles. The van der Waals surface area contributed by atoms with Gasteiger partial charge in [-0.2, -0.15) is 0 Å². The summed E-state index contributed by atoms with van der Waals surface area (Å²) in [7, 11) is 1.20. The van der Waals surface area contributed by atoms with Crippen molar-refractivity contribution in [2.24, 2.45) is 5.73 Å². The number of methoxy groups -OCH3 is 1. The number of hydrogen-bond acceptors (Lipinski definition) is 6. The number of nitrogens with one attached hydrogen (secondary N) is 2. The fourth-order valence-corrected chi connectivity index (χ4v) is 1.46. The Morgan fingerprint density at radius 2 is 2.00 bits per heavy atom. The molecule has 2 amide bonds. The fourth-order valence-electron chi connectivity index (χ4n) is 1.46. The molecule has 1 aromatic carbocycles. The monoisotopic (exact) mass is 294 g/mol.